The van der Waals surface area contributed by atoms with Gasteiger partial charge >= 0.3 is 5.97 Å². The number of likely N-dealkylation sites (N-methyl/N-ethyl adjacent to an activating group) is 1. The molecule has 1 aromatic carbocycles. The van der Waals surface area contributed by atoms with Crippen molar-refractivity contribution in [3.8, 4) is 0 Å². The van der Waals surface area contributed by atoms with E-state index in [4.69, 9.17) is 5.11 Å². The van der Waals surface area contributed by atoms with E-state index in [1.807, 2.05) is 18.2 Å². The summed E-state index contributed by atoms with van der Waals surface area (Å²) in [6.45, 7) is 0.661. The number of hydrogen-bond donors (Lipinski definition) is 1. The van der Waals surface area contributed by atoms with Crippen LogP contribution in [0.5, 0.6) is 0 Å². The maximum atomic E-state index is 10.5. The zero-order valence-corrected chi connectivity index (χ0v) is 11.4. The first kappa shape index (κ1) is 12.7. The van der Waals surface area contributed by atoms with E-state index in [0.29, 0.717) is 6.54 Å². The second kappa shape index (κ2) is 5.63. The van der Waals surface area contributed by atoms with Crippen LogP contribution in [-0.4, -0.2) is 29.6 Å². The van der Waals surface area contributed by atoms with Crippen LogP contribution in [0.1, 0.15) is 5.56 Å². The topological polar surface area (TPSA) is 40.5 Å². The second-order valence-electron chi connectivity index (χ2n) is 3.34. The van der Waals surface area contributed by atoms with Gasteiger partial charge in [0.05, 0.1) is 6.54 Å². The second-order valence-corrected chi connectivity index (χ2v) is 5.18. The Morgan fingerprint density at radius 1 is 1.33 bits per heavy atom. The Labute approximate surface area is 105 Å². The van der Waals surface area contributed by atoms with E-state index in [1.165, 1.54) is 0 Å². The van der Waals surface area contributed by atoms with Gasteiger partial charge in [-0.25, -0.2) is 0 Å². The summed E-state index contributed by atoms with van der Waals surface area (Å²) < 4.78 is 1.96. The maximum Gasteiger partial charge on any atom is 0.317 e. The minimum absolute atomic E-state index is 0.0458. The molecule has 0 aliphatic heterocycles. The van der Waals surface area contributed by atoms with Crippen LogP contribution < -0.4 is 0 Å². The summed E-state index contributed by atoms with van der Waals surface area (Å²) in [5.41, 5.74) is 1.07. The molecular formula is C10H11Br2NO2. The first-order chi connectivity index (χ1) is 6.97. The minimum Gasteiger partial charge on any atom is -0.480 e. The van der Waals surface area contributed by atoms with Gasteiger partial charge in [0, 0.05) is 15.5 Å². The average Bonchev–Trinajstić information content (AvgIpc) is 1.98. The zero-order chi connectivity index (χ0) is 11.4. The molecule has 0 amide bonds. The molecule has 0 aliphatic carbocycles. The monoisotopic (exact) mass is 335 g/mol. The summed E-state index contributed by atoms with van der Waals surface area (Å²) in [7, 11) is 1.78. The van der Waals surface area contributed by atoms with Crippen molar-refractivity contribution in [1.82, 2.24) is 4.90 Å². The summed E-state index contributed by atoms with van der Waals surface area (Å²) in [6, 6.07) is 5.90. The largest absolute Gasteiger partial charge is 0.480 e. The molecule has 0 heterocycles. The van der Waals surface area contributed by atoms with E-state index in [9.17, 15) is 4.79 Å². The minimum atomic E-state index is -0.813. The zero-order valence-electron chi connectivity index (χ0n) is 8.20. The van der Waals surface area contributed by atoms with Gasteiger partial charge in [-0.05, 0) is 30.8 Å². The van der Waals surface area contributed by atoms with E-state index < -0.39 is 5.97 Å². The third kappa shape index (κ3) is 4.77. The van der Waals surface area contributed by atoms with Crippen molar-refractivity contribution in [2.45, 2.75) is 6.54 Å². The van der Waals surface area contributed by atoms with Crippen molar-refractivity contribution in [3.63, 3.8) is 0 Å². The number of nitrogens with zero attached hydrogens (tertiary/aromatic N) is 1. The molecule has 0 saturated carbocycles. The van der Waals surface area contributed by atoms with Gasteiger partial charge < -0.3 is 5.11 Å². The van der Waals surface area contributed by atoms with Crippen molar-refractivity contribution in [1.29, 1.82) is 0 Å². The normalized spacial score (nSPS) is 10.7. The Morgan fingerprint density at radius 2 is 1.87 bits per heavy atom. The SMILES string of the molecule is CN(CC(=O)O)Cc1cc(Br)cc(Br)c1. The Kier molecular flexibility index (Phi) is 4.76. The molecule has 0 atom stereocenters. The van der Waals surface area contributed by atoms with Crippen molar-refractivity contribution in [3.05, 3.63) is 32.7 Å². The highest BCUT2D eigenvalue weighted by Gasteiger charge is 2.06. The van der Waals surface area contributed by atoms with Crippen molar-refractivity contribution in [2.24, 2.45) is 0 Å². The van der Waals surface area contributed by atoms with Crippen molar-refractivity contribution in [2.75, 3.05) is 13.6 Å². The Morgan fingerprint density at radius 3 is 2.33 bits per heavy atom. The van der Waals surface area contributed by atoms with Gasteiger partial charge in [0.1, 0.15) is 0 Å². The first-order valence-corrected chi connectivity index (χ1v) is 5.91. The summed E-state index contributed by atoms with van der Waals surface area (Å²) in [5.74, 6) is -0.813. The van der Waals surface area contributed by atoms with E-state index >= 15 is 0 Å². The molecule has 0 unspecified atom stereocenters. The fourth-order valence-electron chi connectivity index (χ4n) is 1.30. The number of carboxylic acids is 1. The van der Waals surface area contributed by atoms with E-state index in [-0.39, 0.29) is 6.54 Å². The van der Waals surface area contributed by atoms with Gasteiger partial charge in [0.25, 0.3) is 0 Å². The Balaban J connectivity index is 2.67. The third-order valence-corrected chi connectivity index (χ3v) is 2.70. The van der Waals surface area contributed by atoms with Crippen LogP contribution in [0.2, 0.25) is 0 Å². The average molecular weight is 337 g/mol. The third-order valence-electron chi connectivity index (χ3n) is 1.78. The number of aliphatic carboxylic acids is 1. The van der Waals surface area contributed by atoms with Gasteiger partial charge in [-0.1, -0.05) is 31.9 Å². The van der Waals surface area contributed by atoms with Crippen LogP contribution >= 0.6 is 31.9 Å². The fraction of sp³-hybridized carbons (Fsp3) is 0.300. The molecule has 1 rings (SSSR count). The van der Waals surface area contributed by atoms with Gasteiger partial charge in [-0.2, -0.15) is 0 Å². The number of carbonyl (C=O) groups is 1. The Bertz CT molecular complexity index is 348. The molecule has 0 fully saturated rings. The summed E-state index contributed by atoms with van der Waals surface area (Å²) in [5, 5.41) is 8.61. The van der Waals surface area contributed by atoms with Crippen LogP contribution in [0.4, 0.5) is 0 Å². The quantitative estimate of drug-likeness (QED) is 0.919. The number of rotatable bonds is 4. The molecule has 0 saturated heterocycles. The van der Waals surface area contributed by atoms with Crippen LogP contribution in [0.15, 0.2) is 27.1 Å². The van der Waals surface area contributed by atoms with Crippen molar-refractivity contribution >= 4 is 37.8 Å². The highest BCUT2D eigenvalue weighted by Crippen LogP contribution is 2.20. The lowest BCUT2D eigenvalue weighted by atomic mass is 10.2. The molecule has 15 heavy (non-hydrogen) atoms. The lowest BCUT2D eigenvalue weighted by molar-refractivity contribution is -0.138. The number of halogens is 2. The van der Waals surface area contributed by atoms with Crippen LogP contribution in [0.3, 0.4) is 0 Å². The lowest BCUT2D eigenvalue weighted by Crippen LogP contribution is -2.25. The molecule has 1 aromatic rings. The molecule has 0 aliphatic rings. The molecule has 3 nitrogen and oxygen atoms in total. The molecule has 0 aromatic heterocycles. The number of carboxylic acid groups (broad SMARTS) is 1. The molecular weight excluding hydrogens is 326 g/mol. The standard InChI is InChI=1S/C10H11Br2NO2/c1-13(6-10(14)15)5-7-2-8(11)4-9(12)3-7/h2-4H,5-6H2,1H3,(H,14,15). The molecule has 5 heteroatoms. The number of hydrogen-bond acceptors (Lipinski definition) is 2. The molecule has 1 N–H and O–H groups in total. The van der Waals surface area contributed by atoms with E-state index in [2.05, 4.69) is 31.9 Å². The fourth-order valence-corrected chi connectivity index (χ4v) is 2.69. The summed E-state index contributed by atoms with van der Waals surface area (Å²) in [4.78, 5) is 12.2. The predicted molar refractivity (Wildman–Crippen MR) is 65.8 cm³/mol. The molecule has 0 bridgehead atoms. The smallest absolute Gasteiger partial charge is 0.317 e. The highest BCUT2D eigenvalue weighted by atomic mass is 79.9. The maximum absolute atomic E-state index is 10.5. The summed E-state index contributed by atoms with van der Waals surface area (Å²) >= 11 is 6.78. The predicted octanol–water partition coefficient (Wildman–Crippen LogP) is 2.73. The molecule has 0 radical (unpaired) electrons. The Hall–Kier alpha value is -0.390. The van der Waals surface area contributed by atoms with Gasteiger partial charge in [-0.15, -0.1) is 0 Å². The van der Waals surface area contributed by atoms with E-state index in [1.54, 1.807) is 11.9 Å². The van der Waals surface area contributed by atoms with Gasteiger partial charge in [-0.3, -0.25) is 9.69 Å². The molecule has 82 valence electrons. The van der Waals surface area contributed by atoms with Crippen molar-refractivity contribution < 1.29 is 9.90 Å². The van der Waals surface area contributed by atoms with Gasteiger partial charge in [0.2, 0.25) is 0 Å². The van der Waals surface area contributed by atoms with Crippen LogP contribution in [-0.2, 0) is 11.3 Å². The number of benzene rings is 1. The van der Waals surface area contributed by atoms with Crippen LogP contribution in [0, 0.1) is 0 Å². The first-order valence-electron chi connectivity index (χ1n) is 4.32. The van der Waals surface area contributed by atoms with Crippen LogP contribution in [0.25, 0.3) is 0 Å². The highest BCUT2D eigenvalue weighted by molar-refractivity contribution is 9.11. The summed E-state index contributed by atoms with van der Waals surface area (Å²) in [6.07, 6.45) is 0. The lowest BCUT2D eigenvalue weighted by Gasteiger charge is -2.14. The molecule has 0 spiro atoms. The van der Waals surface area contributed by atoms with E-state index in [0.717, 1.165) is 14.5 Å². The van der Waals surface area contributed by atoms with Gasteiger partial charge in [0.15, 0.2) is 0 Å².